The van der Waals surface area contributed by atoms with Gasteiger partial charge in [0.05, 0.1) is 40.7 Å². The molecule has 244 valence electrons. The van der Waals surface area contributed by atoms with Crippen LogP contribution in [0.4, 0.5) is 0 Å². The van der Waals surface area contributed by atoms with Gasteiger partial charge in [0.1, 0.15) is 0 Å². The van der Waals surface area contributed by atoms with Crippen LogP contribution in [0.3, 0.4) is 0 Å². The summed E-state index contributed by atoms with van der Waals surface area (Å²) in [6, 6.07) is 41.3. The Morgan fingerprint density at radius 3 is 2.43 bits per heavy atom. The van der Waals surface area contributed by atoms with Gasteiger partial charge >= 0.3 is 0 Å². The van der Waals surface area contributed by atoms with E-state index in [1.807, 2.05) is 18.2 Å². The number of hydrogen-bond donors (Lipinski definition) is 0. The molecule has 0 spiro atoms. The molecule has 2 aromatic heterocycles. The number of rotatable bonds is 8. The standard InChI is InChI=1S/C46H35N5/c1-2-12-35(32-13-9-15-34(28-32)50-41-20-6-4-17-38(41)40-27-31(29-48)24-25-44(40)50)36(19-11-26-47)37-16-3-7-21-42(37)51-43-22-8-5-18-39(43)46-33(30-49)14-10-23-45(46)51/h2-9,12-18,20-22,24-25,28,31,36H,1,10-11,19,23,27H2/b35-12-. The summed E-state index contributed by atoms with van der Waals surface area (Å²) in [4.78, 5) is 0. The van der Waals surface area contributed by atoms with Gasteiger partial charge in [-0.2, -0.15) is 15.8 Å². The number of hydrogen-bond acceptors (Lipinski definition) is 3. The second-order valence-electron chi connectivity index (χ2n) is 13.2. The van der Waals surface area contributed by atoms with Crippen molar-refractivity contribution in [3.63, 3.8) is 0 Å². The molecule has 5 heteroatoms. The van der Waals surface area contributed by atoms with Crippen molar-refractivity contribution in [1.82, 2.24) is 9.13 Å². The molecule has 0 N–H and O–H groups in total. The number of fused-ring (bicyclic) bond motifs is 6. The maximum absolute atomic E-state index is 10.1. The Morgan fingerprint density at radius 1 is 0.882 bits per heavy atom. The monoisotopic (exact) mass is 657 g/mol. The lowest BCUT2D eigenvalue weighted by atomic mass is 9.82. The van der Waals surface area contributed by atoms with Gasteiger partial charge in [0.15, 0.2) is 0 Å². The van der Waals surface area contributed by atoms with Gasteiger partial charge in [0, 0.05) is 51.4 Å². The van der Waals surface area contributed by atoms with Crippen LogP contribution in [0.2, 0.25) is 0 Å². The maximum atomic E-state index is 10.1. The van der Waals surface area contributed by atoms with Crippen LogP contribution in [-0.2, 0) is 12.8 Å². The fraction of sp³-hybridized carbons (Fsp3) is 0.152. The molecule has 2 heterocycles. The normalized spacial score (nSPS) is 15.7. The number of allylic oxidation sites excluding steroid dienone is 6. The molecule has 0 amide bonds. The van der Waals surface area contributed by atoms with Gasteiger partial charge in [0.2, 0.25) is 0 Å². The minimum absolute atomic E-state index is 0.118. The predicted octanol–water partition coefficient (Wildman–Crippen LogP) is 10.8. The van der Waals surface area contributed by atoms with Crippen molar-refractivity contribution in [3.05, 3.63) is 162 Å². The molecule has 0 radical (unpaired) electrons. The quantitative estimate of drug-likeness (QED) is 0.153. The van der Waals surface area contributed by atoms with E-state index < -0.39 is 0 Å². The third-order valence-corrected chi connectivity index (χ3v) is 10.4. The summed E-state index contributed by atoms with van der Waals surface area (Å²) >= 11 is 0. The van der Waals surface area contributed by atoms with Crippen LogP contribution in [-0.4, -0.2) is 9.13 Å². The molecule has 0 saturated carbocycles. The first-order valence-corrected chi connectivity index (χ1v) is 17.5. The molecule has 0 saturated heterocycles. The predicted molar refractivity (Wildman–Crippen MR) is 206 cm³/mol. The van der Waals surface area contributed by atoms with Gasteiger partial charge in [-0.05, 0) is 84.4 Å². The van der Waals surface area contributed by atoms with Crippen molar-refractivity contribution in [2.75, 3.05) is 0 Å². The van der Waals surface area contributed by atoms with Crippen LogP contribution in [0.5, 0.6) is 0 Å². The molecule has 0 bridgehead atoms. The highest BCUT2D eigenvalue weighted by molar-refractivity contribution is 6.00. The van der Waals surface area contributed by atoms with Crippen molar-refractivity contribution < 1.29 is 0 Å². The van der Waals surface area contributed by atoms with Crippen LogP contribution in [0, 0.1) is 39.9 Å². The Labute approximate surface area is 298 Å². The Kier molecular flexibility index (Phi) is 8.29. The molecule has 2 unspecified atom stereocenters. The highest BCUT2D eigenvalue weighted by atomic mass is 15.0. The lowest BCUT2D eigenvalue weighted by molar-refractivity contribution is 0.760. The Balaban J connectivity index is 1.31. The SMILES string of the molecule is C=C/C=C(/c1cccc(-n2c3c(c4ccccc42)CC(C#N)C=C3)c1)C(CCC#N)c1ccccc1-n1c2c(c3ccccc31)C(C#N)=CCC2. The number of benzene rings is 4. The smallest absolute Gasteiger partial charge is 0.0995 e. The largest absolute Gasteiger partial charge is 0.313 e. The number of aromatic nitrogens is 2. The first-order chi connectivity index (χ1) is 25.2. The van der Waals surface area contributed by atoms with Crippen molar-refractivity contribution in [1.29, 1.82) is 15.8 Å². The molecular weight excluding hydrogens is 623 g/mol. The Hall–Kier alpha value is -6.61. The van der Waals surface area contributed by atoms with Gasteiger partial charge in [-0.1, -0.05) is 97.6 Å². The molecule has 0 fully saturated rings. The third-order valence-electron chi connectivity index (χ3n) is 10.4. The zero-order chi connectivity index (χ0) is 34.9. The molecule has 51 heavy (non-hydrogen) atoms. The van der Waals surface area contributed by atoms with Crippen molar-refractivity contribution >= 4 is 39.0 Å². The van der Waals surface area contributed by atoms with Gasteiger partial charge in [0.25, 0.3) is 0 Å². The maximum Gasteiger partial charge on any atom is 0.0995 e. The molecule has 0 aliphatic heterocycles. The van der Waals surface area contributed by atoms with Gasteiger partial charge < -0.3 is 9.13 Å². The summed E-state index contributed by atoms with van der Waals surface area (Å²) in [6.45, 7) is 4.13. The molecule has 2 atom stereocenters. The average Bonchev–Trinajstić information content (AvgIpc) is 3.70. The second kappa shape index (κ2) is 13.4. The van der Waals surface area contributed by atoms with E-state index >= 15 is 0 Å². The fourth-order valence-corrected chi connectivity index (χ4v) is 8.28. The molecule has 6 aromatic rings. The van der Waals surface area contributed by atoms with Crippen LogP contribution in [0.1, 0.15) is 58.8 Å². The zero-order valence-corrected chi connectivity index (χ0v) is 28.3. The van der Waals surface area contributed by atoms with E-state index in [4.69, 9.17) is 0 Å². The third kappa shape index (κ3) is 5.30. The molecule has 2 aliphatic rings. The number of nitrogens with zero attached hydrogens (tertiary/aromatic N) is 5. The summed E-state index contributed by atoms with van der Waals surface area (Å²) in [5, 5.41) is 32.0. The molecular formula is C46H35N5. The Bertz CT molecular complexity index is 2580. The van der Waals surface area contributed by atoms with Crippen molar-refractivity contribution in [3.8, 4) is 29.6 Å². The summed E-state index contributed by atoms with van der Waals surface area (Å²) in [5.41, 5.74) is 12.7. The van der Waals surface area contributed by atoms with Crippen LogP contribution >= 0.6 is 0 Å². The molecule has 2 aliphatic carbocycles. The van der Waals surface area contributed by atoms with Crippen LogP contribution in [0.15, 0.2) is 128 Å². The average molecular weight is 658 g/mol. The van der Waals surface area contributed by atoms with Gasteiger partial charge in [-0.15, -0.1) is 0 Å². The van der Waals surface area contributed by atoms with E-state index in [1.54, 1.807) is 0 Å². The van der Waals surface area contributed by atoms with Gasteiger partial charge in [-0.25, -0.2) is 0 Å². The lowest BCUT2D eigenvalue weighted by Crippen LogP contribution is -2.11. The zero-order valence-electron chi connectivity index (χ0n) is 28.3. The van der Waals surface area contributed by atoms with E-state index in [-0.39, 0.29) is 11.8 Å². The van der Waals surface area contributed by atoms with E-state index in [0.717, 1.165) is 79.9 Å². The second-order valence-corrected chi connectivity index (χ2v) is 13.2. The topological polar surface area (TPSA) is 81.2 Å². The first-order valence-electron chi connectivity index (χ1n) is 17.5. The highest BCUT2D eigenvalue weighted by Crippen LogP contribution is 2.44. The molecule has 8 rings (SSSR count). The van der Waals surface area contributed by atoms with Crippen molar-refractivity contribution in [2.45, 2.75) is 38.0 Å². The summed E-state index contributed by atoms with van der Waals surface area (Å²) in [6.07, 6.45) is 13.5. The first kappa shape index (κ1) is 31.6. The number of nitriles is 3. The minimum Gasteiger partial charge on any atom is -0.313 e. The fourth-order valence-electron chi connectivity index (χ4n) is 8.28. The highest BCUT2D eigenvalue weighted by Gasteiger charge is 2.28. The van der Waals surface area contributed by atoms with Gasteiger partial charge in [-0.3, -0.25) is 0 Å². The van der Waals surface area contributed by atoms with Crippen LogP contribution in [0.25, 0.3) is 50.4 Å². The summed E-state index contributed by atoms with van der Waals surface area (Å²) in [7, 11) is 0. The van der Waals surface area contributed by atoms with E-state index in [2.05, 4.69) is 143 Å². The molecule has 5 nitrogen and oxygen atoms in total. The molecule has 4 aromatic carbocycles. The van der Waals surface area contributed by atoms with Crippen LogP contribution < -0.4 is 0 Å². The van der Waals surface area contributed by atoms with E-state index in [1.165, 1.54) is 10.9 Å². The summed E-state index contributed by atoms with van der Waals surface area (Å²) in [5.74, 6) is -0.260. The minimum atomic E-state index is -0.142. The summed E-state index contributed by atoms with van der Waals surface area (Å²) < 4.78 is 4.66. The lowest BCUT2D eigenvalue weighted by Gasteiger charge is -2.26. The van der Waals surface area contributed by atoms with E-state index in [0.29, 0.717) is 19.3 Å². The van der Waals surface area contributed by atoms with Crippen molar-refractivity contribution in [2.24, 2.45) is 5.92 Å². The van der Waals surface area contributed by atoms with E-state index in [9.17, 15) is 15.8 Å². The Morgan fingerprint density at radius 2 is 1.65 bits per heavy atom. The number of para-hydroxylation sites is 3.